The lowest BCUT2D eigenvalue weighted by Crippen LogP contribution is -2.38. The van der Waals surface area contributed by atoms with E-state index in [1.165, 1.54) is 0 Å². The van der Waals surface area contributed by atoms with Crippen molar-refractivity contribution in [3.63, 3.8) is 0 Å². The summed E-state index contributed by atoms with van der Waals surface area (Å²) in [6, 6.07) is 11.6. The molecule has 6 heteroatoms. The van der Waals surface area contributed by atoms with Crippen molar-refractivity contribution in [3.8, 4) is 0 Å². The van der Waals surface area contributed by atoms with Gasteiger partial charge in [0.05, 0.1) is 25.4 Å². The Hall–Kier alpha value is -2.44. The molecular weight excluding hydrogens is 318 g/mol. The van der Waals surface area contributed by atoms with Crippen LogP contribution in [0.15, 0.2) is 42.6 Å². The summed E-state index contributed by atoms with van der Waals surface area (Å²) < 4.78 is 10.5. The quantitative estimate of drug-likeness (QED) is 0.871. The fourth-order valence-corrected chi connectivity index (χ4v) is 2.87. The number of pyridine rings is 1. The van der Waals surface area contributed by atoms with E-state index in [9.17, 15) is 4.79 Å². The lowest BCUT2D eigenvalue weighted by Gasteiger charge is -2.29. The topological polar surface area (TPSA) is 63.7 Å². The summed E-state index contributed by atoms with van der Waals surface area (Å²) in [6.07, 6.45) is 1.72. The fraction of sp³-hybridized carbons (Fsp3) is 0.368. The number of rotatable bonds is 6. The number of morpholine rings is 1. The van der Waals surface area contributed by atoms with Crippen LogP contribution in [0.4, 0.5) is 5.82 Å². The lowest BCUT2D eigenvalue weighted by molar-refractivity contribution is 0.0949. The van der Waals surface area contributed by atoms with Gasteiger partial charge in [-0.1, -0.05) is 24.3 Å². The van der Waals surface area contributed by atoms with Crippen molar-refractivity contribution in [1.82, 2.24) is 10.3 Å². The van der Waals surface area contributed by atoms with E-state index in [1.807, 2.05) is 30.3 Å². The zero-order valence-corrected chi connectivity index (χ0v) is 14.4. The minimum Gasteiger partial charge on any atom is -0.380 e. The van der Waals surface area contributed by atoms with Gasteiger partial charge in [-0.05, 0) is 23.3 Å². The molecule has 0 unspecified atom stereocenters. The molecule has 1 aromatic carbocycles. The average Bonchev–Trinajstić information content (AvgIpc) is 2.67. The van der Waals surface area contributed by atoms with Gasteiger partial charge in [-0.15, -0.1) is 0 Å². The Labute approximate surface area is 147 Å². The second-order valence-corrected chi connectivity index (χ2v) is 5.91. The normalized spacial score (nSPS) is 14.4. The molecule has 1 fully saturated rings. The average molecular weight is 341 g/mol. The summed E-state index contributed by atoms with van der Waals surface area (Å²) in [6.45, 7) is 3.83. The van der Waals surface area contributed by atoms with E-state index < -0.39 is 0 Å². The first-order chi connectivity index (χ1) is 12.3. The Morgan fingerprint density at radius 3 is 2.84 bits per heavy atom. The Morgan fingerprint density at radius 1 is 1.24 bits per heavy atom. The second-order valence-electron chi connectivity index (χ2n) is 5.91. The summed E-state index contributed by atoms with van der Waals surface area (Å²) in [5.74, 6) is 0.600. The van der Waals surface area contributed by atoms with Crippen LogP contribution in [0.5, 0.6) is 0 Å². The molecule has 1 aliphatic heterocycles. The van der Waals surface area contributed by atoms with E-state index in [0.29, 0.717) is 31.9 Å². The molecule has 0 saturated carbocycles. The van der Waals surface area contributed by atoms with Crippen LogP contribution >= 0.6 is 0 Å². The van der Waals surface area contributed by atoms with Crippen molar-refractivity contribution < 1.29 is 14.3 Å². The number of ether oxygens (including phenoxy) is 2. The van der Waals surface area contributed by atoms with Gasteiger partial charge >= 0.3 is 0 Å². The first-order valence-electron chi connectivity index (χ1n) is 8.40. The van der Waals surface area contributed by atoms with Gasteiger partial charge in [0.25, 0.3) is 5.91 Å². The summed E-state index contributed by atoms with van der Waals surface area (Å²) in [5.41, 5.74) is 2.72. The molecule has 2 aromatic rings. The zero-order chi connectivity index (χ0) is 17.5. The molecule has 0 aliphatic carbocycles. The van der Waals surface area contributed by atoms with Crippen LogP contribution in [0.1, 0.15) is 21.5 Å². The third-order valence-corrected chi connectivity index (χ3v) is 4.10. The highest BCUT2D eigenvalue weighted by atomic mass is 16.5. The minimum atomic E-state index is -0.119. The van der Waals surface area contributed by atoms with Crippen LogP contribution in [-0.2, 0) is 22.6 Å². The van der Waals surface area contributed by atoms with Crippen LogP contribution in [0.25, 0.3) is 0 Å². The molecule has 1 amide bonds. The molecule has 1 N–H and O–H groups in total. The number of nitrogens with zero attached hydrogens (tertiary/aromatic N) is 2. The number of carbonyl (C=O) groups excluding carboxylic acids is 1. The molecule has 3 rings (SSSR count). The Morgan fingerprint density at radius 2 is 2.04 bits per heavy atom. The highest BCUT2D eigenvalue weighted by molar-refractivity contribution is 5.98. The van der Waals surface area contributed by atoms with Crippen LogP contribution in [0.3, 0.4) is 0 Å². The standard InChI is InChI=1S/C19H23N3O3/c1-24-14-16-5-2-4-15(12-16)13-21-19(23)17-6-3-7-20-18(17)22-8-10-25-11-9-22/h2-7,12H,8-11,13-14H2,1H3,(H,21,23). The number of amides is 1. The highest BCUT2D eigenvalue weighted by Gasteiger charge is 2.19. The maximum atomic E-state index is 12.7. The van der Waals surface area contributed by atoms with E-state index in [1.54, 1.807) is 19.4 Å². The molecule has 0 bridgehead atoms. The monoisotopic (exact) mass is 341 g/mol. The first kappa shape index (κ1) is 17.4. The number of aromatic nitrogens is 1. The number of nitrogens with one attached hydrogen (secondary N) is 1. The van der Waals surface area contributed by atoms with Gasteiger partial charge < -0.3 is 19.7 Å². The molecule has 0 radical (unpaired) electrons. The van der Waals surface area contributed by atoms with Crippen molar-refractivity contribution >= 4 is 11.7 Å². The van der Waals surface area contributed by atoms with Crippen LogP contribution in [-0.4, -0.2) is 44.3 Å². The van der Waals surface area contributed by atoms with E-state index in [2.05, 4.69) is 15.2 Å². The Kier molecular flexibility index (Phi) is 5.98. The first-order valence-corrected chi connectivity index (χ1v) is 8.40. The van der Waals surface area contributed by atoms with Crippen LogP contribution in [0, 0.1) is 0 Å². The predicted octanol–water partition coefficient (Wildman–Crippen LogP) is 1.99. The third-order valence-electron chi connectivity index (χ3n) is 4.10. The maximum absolute atomic E-state index is 12.7. The van der Waals surface area contributed by atoms with Crippen LogP contribution < -0.4 is 10.2 Å². The molecule has 0 spiro atoms. The molecule has 25 heavy (non-hydrogen) atoms. The van der Waals surface area contributed by atoms with Crippen molar-refractivity contribution in [2.24, 2.45) is 0 Å². The molecule has 1 saturated heterocycles. The number of carbonyl (C=O) groups is 1. The molecule has 1 aliphatic rings. The van der Waals surface area contributed by atoms with Crippen LogP contribution in [0.2, 0.25) is 0 Å². The highest BCUT2D eigenvalue weighted by Crippen LogP contribution is 2.18. The van der Waals surface area contributed by atoms with Gasteiger partial charge in [-0.2, -0.15) is 0 Å². The van der Waals surface area contributed by atoms with Gasteiger partial charge in [-0.25, -0.2) is 4.98 Å². The molecule has 2 heterocycles. The van der Waals surface area contributed by atoms with E-state index in [0.717, 1.165) is 30.0 Å². The predicted molar refractivity (Wildman–Crippen MR) is 95.6 cm³/mol. The number of anilines is 1. The lowest BCUT2D eigenvalue weighted by atomic mass is 10.1. The number of hydrogen-bond donors (Lipinski definition) is 1. The van der Waals surface area contributed by atoms with Crippen molar-refractivity contribution in [2.75, 3.05) is 38.3 Å². The smallest absolute Gasteiger partial charge is 0.255 e. The van der Waals surface area contributed by atoms with Crippen molar-refractivity contribution in [2.45, 2.75) is 13.2 Å². The van der Waals surface area contributed by atoms with Crippen molar-refractivity contribution in [1.29, 1.82) is 0 Å². The van der Waals surface area contributed by atoms with Gasteiger partial charge in [0.15, 0.2) is 0 Å². The molecule has 6 nitrogen and oxygen atoms in total. The van der Waals surface area contributed by atoms with Gasteiger partial charge in [0, 0.05) is 32.9 Å². The van der Waals surface area contributed by atoms with E-state index >= 15 is 0 Å². The number of hydrogen-bond acceptors (Lipinski definition) is 5. The third kappa shape index (κ3) is 4.55. The van der Waals surface area contributed by atoms with Gasteiger partial charge in [-0.3, -0.25) is 4.79 Å². The summed E-state index contributed by atoms with van der Waals surface area (Å²) in [5, 5.41) is 2.99. The summed E-state index contributed by atoms with van der Waals surface area (Å²) in [4.78, 5) is 19.2. The maximum Gasteiger partial charge on any atom is 0.255 e. The number of benzene rings is 1. The fourth-order valence-electron chi connectivity index (χ4n) is 2.87. The van der Waals surface area contributed by atoms with Gasteiger partial charge in [0.1, 0.15) is 5.82 Å². The Balaban J connectivity index is 1.68. The molecule has 1 aromatic heterocycles. The molecule has 0 atom stereocenters. The van der Waals surface area contributed by atoms with Gasteiger partial charge in [0.2, 0.25) is 0 Å². The summed E-state index contributed by atoms with van der Waals surface area (Å²) in [7, 11) is 1.67. The van der Waals surface area contributed by atoms with E-state index in [-0.39, 0.29) is 5.91 Å². The van der Waals surface area contributed by atoms with E-state index in [4.69, 9.17) is 9.47 Å². The second kappa shape index (κ2) is 8.60. The zero-order valence-electron chi connectivity index (χ0n) is 14.4. The Bertz CT molecular complexity index is 715. The number of methoxy groups -OCH3 is 1. The largest absolute Gasteiger partial charge is 0.380 e. The van der Waals surface area contributed by atoms with Crippen molar-refractivity contribution in [3.05, 3.63) is 59.3 Å². The summed E-state index contributed by atoms with van der Waals surface area (Å²) >= 11 is 0. The molecular formula is C19H23N3O3. The minimum absolute atomic E-state index is 0.119. The molecule has 132 valence electrons. The SMILES string of the molecule is COCc1cccc(CNC(=O)c2cccnc2N2CCOCC2)c1.